The summed E-state index contributed by atoms with van der Waals surface area (Å²) in [7, 11) is 0. The molecule has 5 nitrogen and oxygen atoms in total. The summed E-state index contributed by atoms with van der Waals surface area (Å²) in [6.45, 7) is 2.50. The molecular formula is C13H16N2O3. The summed E-state index contributed by atoms with van der Waals surface area (Å²) >= 11 is 0. The average molecular weight is 248 g/mol. The van der Waals surface area contributed by atoms with Crippen LogP contribution in [-0.2, 0) is 9.59 Å². The number of nitrogens with two attached hydrogens (primary N) is 1. The van der Waals surface area contributed by atoms with Crippen molar-refractivity contribution >= 4 is 17.5 Å². The van der Waals surface area contributed by atoms with Crippen molar-refractivity contribution in [2.45, 2.75) is 19.8 Å². The van der Waals surface area contributed by atoms with Crippen LogP contribution in [0.5, 0.6) is 5.75 Å². The van der Waals surface area contributed by atoms with Gasteiger partial charge < -0.3 is 15.8 Å². The fourth-order valence-electron chi connectivity index (χ4n) is 1.76. The minimum atomic E-state index is -0.988. The van der Waals surface area contributed by atoms with Gasteiger partial charge in [0, 0.05) is 5.69 Å². The second kappa shape index (κ2) is 4.68. The molecule has 0 radical (unpaired) electrons. The van der Waals surface area contributed by atoms with Crippen molar-refractivity contribution in [3.8, 4) is 5.75 Å². The van der Waals surface area contributed by atoms with Gasteiger partial charge in [-0.3, -0.25) is 9.59 Å². The van der Waals surface area contributed by atoms with Gasteiger partial charge in [-0.15, -0.1) is 0 Å². The van der Waals surface area contributed by atoms with Gasteiger partial charge in [0.25, 0.3) is 0 Å². The molecular weight excluding hydrogens is 232 g/mol. The van der Waals surface area contributed by atoms with E-state index in [4.69, 9.17) is 10.5 Å². The first-order valence-electron chi connectivity index (χ1n) is 5.93. The van der Waals surface area contributed by atoms with Crippen molar-refractivity contribution in [1.82, 2.24) is 0 Å². The Bertz CT molecular complexity index is 464. The van der Waals surface area contributed by atoms with Gasteiger partial charge >= 0.3 is 0 Å². The van der Waals surface area contributed by atoms with Crippen LogP contribution < -0.4 is 15.8 Å². The third-order valence-corrected chi connectivity index (χ3v) is 3.08. The highest BCUT2D eigenvalue weighted by molar-refractivity contribution is 6.12. The van der Waals surface area contributed by atoms with Crippen LogP contribution in [0.4, 0.5) is 5.69 Å². The summed E-state index contributed by atoms with van der Waals surface area (Å²) < 4.78 is 5.30. The second-order valence-electron chi connectivity index (χ2n) is 4.36. The first-order valence-corrected chi connectivity index (χ1v) is 5.93. The van der Waals surface area contributed by atoms with E-state index in [-0.39, 0.29) is 5.91 Å². The Morgan fingerprint density at radius 2 is 1.94 bits per heavy atom. The van der Waals surface area contributed by atoms with E-state index in [1.54, 1.807) is 24.3 Å². The maximum absolute atomic E-state index is 11.9. The molecule has 96 valence electrons. The highest BCUT2D eigenvalue weighted by Crippen LogP contribution is 2.46. The fraction of sp³-hybridized carbons (Fsp3) is 0.385. The van der Waals surface area contributed by atoms with Gasteiger partial charge in [0.1, 0.15) is 11.2 Å². The van der Waals surface area contributed by atoms with Crippen molar-refractivity contribution in [1.29, 1.82) is 0 Å². The monoisotopic (exact) mass is 248 g/mol. The molecule has 0 aliphatic heterocycles. The van der Waals surface area contributed by atoms with E-state index >= 15 is 0 Å². The molecule has 0 aromatic heterocycles. The lowest BCUT2D eigenvalue weighted by molar-refractivity contribution is -0.132. The number of benzene rings is 1. The van der Waals surface area contributed by atoms with E-state index in [0.717, 1.165) is 5.75 Å². The van der Waals surface area contributed by atoms with Crippen LogP contribution in [0.3, 0.4) is 0 Å². The third kappa shape index (κ3) is 2.30. The number of anilines is 1. The molecule has 2 rings (SSSR count). The Kier molecular flexibility index (Phi) is 3.23. The molecule has 0 atom stereocenters. The maximum Gasteiger partial charge on any atom is 0.240 e. The standard InChI is InChI=1S/C13H16N2O3/c1-2-18-10-5-3-9(4-6-10)15-12(17)13(7-8-13)11(14)16/h3-6H,2,7-8H2,1H3,(H2,14,16)(H,15,17). The molecule has 1 aromatic carbocycles. The summed E-state index contributed by atoms with van der Waals surface area (Å²) in [6, 6.07) is 7.01. The summed E-state index contributed by atoms with van der Waals surface area (Å²) in [5.41, 5.74) is 4.88. The van der Waals surface area contributed by atoms with E-state index in [1.165, 1.54) is 0 Å². The Labute approximate surface area is 105 Å². The molecule has 0 spiro atoms. The van der Waals surface area contributed by atoms with Gasteiger partial charge in [-0.25, -0.2) is 0 Å². The maximum atomic E-state index is 11.9. The van der Waals surface area contributed by atoms with Crippen LogP contribution in [-0.4, -0.2) is 18.4 Å². The normalized spacial score (nSPS) is 15.8. The van der Waals surface area contributed by atoms with Crippen LogP contribution in [0.25, 0.3) is 0 Å². The molecule has 0 unspecified atom stereocenters. The fourth-order valence-corrected chi connectivity index (χ4v) is 1.76. The molecule has 2 amide bonds. The summed E-state index contributed by atoms with van der Waals surface area (Å²) in [6.07, 6.45) is 1.07. The third-order valence-electron chi connectivity index (χ3n) is 3.08. The molecule has 0 saturated heterocycles. The van der Waals surface area contributed by atoms with Crippen LogP contribution >= 0.6 is 0 Å². The zero-order valence-corrected chi connectivity index (χ0v) is 10.2. The lowest BCUT2D eigenvalue weighted by Crippen LogP contribution is -2.36. The predicted octanol–water partition coefficient (Wildman–Crippen LogP) is 1.29. The minimum absolute atomic E-state index is 0.320. The number of carbonyl (C=O) groups is 2. The molecule has 1 saturated carbocycles. The van der Waals surface area contributed by atoms with Gasteiger partial charge in [0.2, 0.25) is 11.8 Å². The second-order valence-corrected chi connectivity index (χ2v) is 4.36. The molecule has 0 bridgehead atoms. The number of nitrogens with one attached hydrogen (secondary N) is 1. The van der Waals surface area contributed by atoms with Crippen molar-refractivity contribution < 1.29 is 14.3 Å². The minimum Gasteiger partial charge on any atom is -0.494 e. The SMILES string of the molecule is CCOc1ccc(NC(=O)C2(C(N)=O)CC2)cc1. The largest absolute Gasteiger partial charge is 0.494 e. The van der Waals surface area contributed by atoms with Crippen LogP contribution in [0.15, 0.2) is 24.3 Å². The topological polar surface area (TPSA) is 81.4 Å². The van der Waals surface area contributed by atoms with Crippen LogP contribution in [0, 0.1) is 5.41 Å². The molecule has 5 heteroatoms. The first kappa shape index (κ1) is 12.4. The molecule has 18 heavy (non-hydrogen) atoms. The van der Waals surface area contributed by atoms with Gasteiger partial charge in [-0.1, -0.05) is 0 Å². The smallest absolute Gasteiger partial charge is 0.240 e. The Balaban J connectivity index is 2.01. The zero-order valence-electron chi connectivity index (χ0n) is 10.2. The number of carbonyl (C=O) groups excluding carboxylic acids is 2. The highest BCUT2D eigenvalue weighted by atomic mass is 16.5. The van der Waals surface area contributed by atoms with Gasteiger partial charge in [0.15, 0.2) is 0 Å². The molecule has 3 N–H and O–H groups in total. The van der Waals surface area contributed by atoms with E-state index in [0.29, 0.717) is 25.1 Å². The number of amides is 2. The van der Waals surface area contributed by atoms with Crippen molar-refractivity contribution in [3.05, 3.63) is 24.3 Å². The first-order chi connectivity index (χ1) is 8.58. The molecule has 0 heterocycles. The number of primary amides is 1. The number of rotatable bonds is 5. The van der Waals surface area contributed by atoms with Gasteiger partial charge in [-0.2, -0.15) is 0 Å². The van der Waals surface area contributed by atoms with Crippen molar-refractivity contribution in [2.24, 2.45) is 11.1 Å². The van der Waals surface area contributed by atoms with E-state index in [9.17, 15) is 9.59 Å². The van der Waals surface area contributed by atoms with E-state index in [2.05, 4.69) is 5.32 Å². The van der Waals surface area contributed by atoms with Crippen LogP contribution in [0.1, 0.15) is 19.8 Å². The number of hydrogen-bond acceptors (Lipinski definition) is 3. The number of hydrogen-bond donors (Lipinski definition) is 2. The summed E-state index contributed by atoms with van der Waals surface area (Å²) in [5.74, 6) is -0.128. The predicted molar refractivity (Wildman–Crippen MR) is 67.1 cm³/mol. The van der Waals surface area contributed by atoms with Crippen LogP contribution in [0.2, 0.25) is 0 Å². The Hall–Kier alpha value is -2.04. The molecule has 1 fully saturated rings. The Morgan fingerprint density at radius 1 is 1.33 bits per heavy atom. The van der Waals surface area contributed by atoms with E-state index in [1.807, 2.05) is 6.92 Å². The average Bonchev–Trinajstić information content (AvgIpc) is 3.13. The lowest BCUT2D eigenvalue weighted by atomic mass is 10.1. The quantitative estimate of drug-likeness (QED) is 0.770. The lowest BCUT2D eigenvalue weighted by Gasteiger charge is -2.12. The zero-order chi connectivity index (χ0) is 13.2. The van der Waals surface area contributed by atoms with Gasteiger partial charge in [0.05, 0.1) is 6.61 Å². The van der Waals surface area contributed by atoms with Gasteiger partial charge in [-0.05, 0) is 44.0 Å². The molecule has 1 aliphatic rings. The molecule has 1 aliphatic carbocycles. The summed E-state index contributed by atoms with van der Waals surface area (Å²) in [5, 5.41) is 2.70. The van der Waals surface area contributed by atoms with E-state index < -0.39 is 11.3 Å². The van der Waals surface area contributed by atoms with Crippen molar-refractivity contribution in [2.75, 3.05) is 11.9 Å². The van der Waals surface area contributed by atoms with Crippen molar-refractivity contribution in [3.63, 3.8) is 0 Å². The molecule has 1 aromatic rings. The highest BCUT2D eigenvalue weighted by Gasteiger charge is 2.55. The summed E-state index contributed by atoms with van der Waals surface area (Å²) in [4.78, 5) is 23.1. The Morgan fingerprint density at radius 3 is 2.39 bits per heavy atom. The number of ether oxygens (including phenoxy) is 1.